The molecule has 3 aromatic carbocycles. The van der Waals surface area contributed by atoms with Crippen LogP contribution in [0.15, 0.2) is 85.1 Å². The lowest BCUT2D eigenvalue weighted by Crippen LogP contribution is -2.32. The van der Waals surface area contributed by atoms with Gasteiger partial charge in [0.2, 0.25) is 0 Å². The van der Waals surface area contributed by atoms with E-state index in [-0.39, 0.29) is 17.7 Å². The number of hydrogen-bond donors (Lipinski definition) is 1. The molecule has 27 heavy (non-hydrogen) atoms. The first-order valence-corrected chi connectivity index (χ1v) is 8.60. The number of fused-ring (bicyclic) bond motifs is 3. The molecule has 3 nitrogen and oxygen atoms in total. The summed E-state index contributed by atoms with van der Waals surface area (Å²) in [5.74, 6) is -0.991. The maximum Gasteiger partial charge on any atom is 0.353 e. The fourth-order valence-corrected chi connectivity index (χ4v) is 3.49. The van der Waals surface area contributed by atoms with Gasteiger partial charge in [-0.3, -0.25) is 0 Å². The summed E-state index contributed by atoms with van der Waals surface area (Å²) in [4.78, 5) is 12.8. The van der Waals surface area contributed by atoms with Crippen LogP contribution < -0.4 is 0 Å². The lowest BCUT2D eigenvalue weighted by Gasteiger charge is -2.21. The van der Waals surface area contributed by atoms with Crippen molar-refractivity contribution >= 4 is 11.5 Å². The predicted molar refractivity (Wildman–Crippen MR) is 102 cm³/mol. The third-order valence-corrected chi connectivity index (χ3v) is 4.83. The zero-order chi connectivity index (χ0) is 18.9. The molecule has 0 spiro atoms. The van der Waals surface area contributed by atoms with Crippen molar-refractivity contribution in [2.75, 3.05) is 6.61 Å². The maximum atomic E-state index is 16.1. The summed E-state index contributed by atoms with van der Waals surface area (Å²) in [6, 6.07) is 22.9. The van der Waals surface area contributed by atoms with Crippen molar-refractivity contribution in [2.45, 2.75) is 5.67 Å². The van der Waals surface area contributed by atoms with Gasteiger partial charge in [0.15, 0.2) is 0 Å². The first kappa shape index (κ1) is 17.0. The highest BCUT2D eigenvalue weighted by molar-refractivity contribution is 5.96. The third kappa shape index (κ3) is 2.70. The van der Waals surface area contributed by atoms with Crippen LogP contribution in [0.2, 0.25) is 0 Å². The van der Waals surface area contributed by atoms with Crippen LogP contribution >= 0.6 is 0 Å². The minimum Gasteiger partial charge on any atom is -0.515 e. The van der Waals surface area contributed by atoms with Gasteiger partial charge >= 0.3 is 5.97 Å². The van der Waals surface area contributed by atoms with Gasteiger partial charge in [-0.15, -0.1) is 0 Å². The van der Waals surface area contributed by atoms with Crippen molar-refractivity contribution in [2.24, 2.45) is 0 Å². The van der Waals surface area contributed by atoms with E-state index >= 15 is 4.39 Å². The third-order valence-electron chi connectivity index (χ3n) is 4.83. The van der Waals surface area contributed by atoms with Crippen LogP contribution in [0, 0.1) is 0 Å². The lowest BCUT2D eigenvalue weighted by atomic mass is 9.93. The Morgan fingerprint density at radius 1 is 0.889 bits per heavy atom. The smallest absolute Gasteiger partial charge is 0.353 e. The summed E-state index contributed by atoms with van der Waals surface area (Å²) in [7, 11) is 0. The number of rotatable bonds is 4. The molecule has 0 amide bonds. The number of aliphatic hydroxyl groups is 1. The second kappa shape index (κ2) is 6.72. The Morgan fingerprint density at radius 3 is 1.96 bits per heavy atom. The topological polar surface area (TPSA) is 46.5 Å². The van der Waals surface area contributed by atoms with Crippen molar-refractivity contribution in [1.29, 1.82) is 0 Å². The van der Waals surface area contributed by atoms with Crippen molar-refractivity contribution in [3.8, 4) is 11.1 Å². The summed E-state index contributed by atoms with van der Waals surface area (Å²) >= 11 is 0. The number of hydrogen-bond acceptors (Lipinski definition) is 3. The predicted octanol–water partition coefficient (Wildman–Crippen LogP) is 5.02. The number of esters is 1. The molecule has 0 atom stereocenters. The second-order valence-corrected chi connectivity index (χ2v) is 6.35. The molecule has 0 bridgehead atoms. The van der Waals surface area contributed by atoms with Crippen molar-refractivity contribution in [3.63, 3.8) is 0 Å². The summed E-state index contributed by atoms with van der Waals surface area (Å²) in [5.41, 5.74) is 0.669. The summed E-state index contributed by atoms with van der Waals surface area (Å²) in [5, 5.41) is 9.49. The molecule has 4 heteroatoms. The van der Waals surface area contributed by atoms with Gasteiger partial charge in [-0.05, 0) is 16.7 Å². The monoisotopic (exact) mass is 360 g/mol. The number of ether oxygens (including phenoxy) is 1. The van der Waals surface area contributed by atoms with E-state index in [9.17, 15) is 9.90 Å². The number of alkyl halides is 1. The Morgan fingerprint density at radius 2 is 1.41 bits per heavy atom. The highest BCUT2D eigenvalue weighted by Gasteiger charge is 2.51. The first-order valence-electron chi connectivity index (χ1n) is 8.60. The van der Waals surface area contributed by atoms with E-state index in [1.807, 2.05) is 18.2 Å². The van der Waals surface area contributed by atoms with Gasteiger partial charge in [-0.1, -0.05) is 78.9 Å². The minimum absolute atomic E-state index is 0.227. The van der Waals surface area contributed by atoms with Crippen LogP contribution in [0.5, 0.6) is 0 Å². The fourth-order valence-electron chi connectivity index (χ4n) is 3.49. The van der Waals surface area contributed by atoms with E-state index in [2.05, 4.69) is 0 Å². The van der Waals surface area contributed by atoms with Gasteiger partial charge in [0.05, 0.1) is 6.26 Å². The molecule has 0 aromatic heterocycles. The van der Waals surface area contributed by atoms with Crippen molar-refractivity contribution in [3.05, 3.63) is 102 Å². The molecule has 3 aromatic rings. The summed E-state index contributed by atoms with van der Waals surface area (Å²) in [6.07, 6.45) is 0.879. The van der Waals surface area contributed by atoms with Crippen LogP contribution in [0.4, 0.5) is 4.39 Å². The minimum atomic E-state index is -2.37. The molecule has 1 aliphatic carbocycles. The van der Waals surface area contributed by atoms with Crippen LogP contribution in [0.1, 0.15) is 16.7 Å². The van der Waals surface area contributed by atoms with Gasteiger partial charge in [0.25, 0.3) is 5.67 Å². The normalized spacial score (nSPS) is 14.3. The quantitative estimate of drug-likeness (QED) is 0.525. The van der Waals surface area contributed by atoms with Crippen molar-refractivity contribution in [1.82, 2.24) is 0 Å². The Balaban J connectivity index is 1.66. The second-order valence-electron chi connectivity index (χ2n) is 6.35. The van der Waals surface area contributed by atoms with E-state index in [0.29, 0.717) is 22.3 Å². The standard InChI is InChI=1S/C23H17FO3/c24-23(22(26)27-15-17(14-25)16-8-2-1-3-9-16)20-12-6-4-10-18(20)19-11-5-7-13-21(19)23/h1-14,25H,15H2. The highest BCUT2D eigenvalue weighted by atomic mass is 19.1. The largest absolute Gasteiger partial charge is 0.515 e. The number of benzene rings is 3. The number of halogens is 1. The highest BCUT2D eigenvalue weighted by Crippen LogP contribution is 2.50. The molecule has 0 aliphatic heterocycles. The van der Waals surface area contributed by atoms with Gasteiger partial charge in [0, 0.05) is 16.7 Å². The van der Waals surface area contributed by atoms with Crippen LogP contribution in [0.25, 0.3) is 16.7 Å². The molecule has 1 N–H and O–H groups in total. The molecule has 0 saturated carbocycles. The summed E-state index contributed by atoms with van der Waals surface area (Å²) in [6.45, 7) is -0.227. The fraction of sp³-hybridized carbons (Fsp3) is 0.0870. The molecule has 134 valence electrons. The Bertz CT molecular complexity index is 979. The van der Waals surface area contributed by atoms with E-state index in [1.165, 1.54) is 0 Å². The zero-order valence-corrected chi connectivity index (χ0v) is 14.4. The van der Waals surface area contributed by atoms with Gasteiger partial charge in [0.1, 0.15) is 6.61 Å². The van der Waals surface area contributed by atoms with Crippen molar-refractivity contribution < 1.29 is 19.0 Å². The molecule has 0 unspecified atom stereocenters. The number of carbonyl (C=O) groups is 1. The average Bonchev–Trinajstić information content (AvgIpc) is 3.00. The average molecular weight is 360 g/mol. The maximum absolute atomic E-state index is 16.1. The Hall–Kier alpha value is -3.40. The Kier molecular flexibility index (Phi) is 4.24. The van der Waals surface area contributed by atoms with Gasteiger partial charge in [-0.2, -0.15) is 0 Å². The first-order chi connectivity index (χ1) is 13.2. The molecular formula is C23H17FO3. The lowest BCUT2D eigenvalue weighted by molar-refractivity contribution is -0.153. The van der Waals surface area contributed by atoms with Gasteiger partial charge < -0.3 is 9.84 Å². The van der Waals surface area contributed by atoms with Crippen LogP contribution in [-0.4, -0.2) is 17.7 Å². The summed E-state index contributed by atoms with van der Waals surface area (Å²) < 4.78 is 21.4. The molecule has 0 radical (unpaired) electrons. The molecule has 1 aliphatic rings. The van der Waals surface area contributed by atoms with Crippen LogP contribution in [-0.2, 0) is 15.2 Å². The van der Waals surface area contributed by atoms with Gasteiger partial charge in [-0.25, -0.2) is 9.18 Å². The number of aliphatic hydroxyl groups excluding tert-OH is 1. The number of carbonyl (C=O) groups excluding carboxylic acids is 1. The molecular weight excluding hydrogens is 343 g/mol. The molecule has 0 fully saturated rings. The molecule has 4 rings (SSSR count). The SMILES string of the molecule is O=C(OCC(=CO)c1ccccc1)C1(F)c2ccccc2-c2ccccc21. The van der Waals surface area contributed by atoms with E-state index in [4.69, 9.17) is 4.74 Å². The van der Waals surface area contributed by atoms with E-state index < -0.39 is 11.6 Å². The molecule has 0 saturated heterocycles. The molecule has 0 heterocycles. The Labute approximate surface area is 156 Å². The van der Waals surface area contributed by atoms with Crippen LogP contribution in [0.3, 0.4) is 0 Å². The zero-order valence-electron chi connectivity index (χ0n) is 14.4. The van der Waals surface area contributed by atoms with E-state index in [0.717, 1.165) is 6.26 Å². The van der Waals surface area contributed by atoms with E-state index in [1.54, 1.807) is 60.7 Å².